The van der Waals surface area contributed by atoms with Gasteiger partial charge in [0, 0.05) is 26.3 Å². The van der Waals surface area contributed by atoms with Crippen molar-refractivity contribution >= 4 is 0 Å². The highest BCUT2D eigenvalue weighted by atomic mass is 16.5. The molecule has 0 aromatic carbocycles. The fourth-order valence-electron chi connectivity index (χ4n) is 2.19. The molecular formula is C12H24N2O. The van der Waals surface area contributed by atoms with Crippen LogP contribution in [0, 0.1) is 5.41 Å². The minimum atomic E-state index is 0.275. The largest absolute Gasteiger partial charge is 0.381 e. The van der Waals surface area contributed by atoms with Gasteiger partial charge in [0.25, 0.3) is 0 Å². The first kappa shape index (κ1) is 12.7. The van der Waals surface area contributed by atoms with Gasteiger partial charge in [-0.15, -0.1) is 6.58 Å². The van der Waals surface area contributed by atoms with Crippen LogP contribution in [0.3, 0.4) is 0 Å². The second-order valence-corrected chi connectivity index (χ2v) is 4.43. The van der Waals surface area contributed by atoms with Gasteiger partial charge in [-0.1, -0.05) is 13.0 Å². The van der Waals surface area contributed by atoms with E-state index in [1.165, 1.54) is 0 Å². The summed E-state index contributed by atoms with van der Waals surface area (Å²) in [6.07, 6.45) is 4.15. The van der Waals surface area contributed by atoms with Crippen molar-refractivity contribution in [3.8, 4) is 0 Å². The van der Waals surface area contributed by atoms with Gasteiger partial charge in [0.15, 0.2) is 0 Å². The van der Waals surface area contributed by atoms with Crippen molar-refractivity contribution in [1.29, 1.82) is 0 Å². The van der Waals surface area contributed by atoms with Crippen molar-refractivity contribution in [2.75, 3.05) is 39.4 Å². The number of nitrogens with two attached hydrogens (primary N) is 1. The molecule has 15 heavy (non-hydrogen) atoms. The molecule has 2 N–H and O–H groups in total. The van der Waals surface area contributed by atoms with Crippen LogP contribution in [0.15, 0.2) is 12.7 Å². The summed E-state index contributed by atoms with van der Waals surface area (Å²) in [6, 6.07) is 0. The summed E-state index contributed by atoms with van der Waals surface area (Å²) in [5, 5.41) is 0. The number of nitrogens with zero attached hydrogens (tertiary/aromatic N) is 1. The van der Waals surface area contributed by atoms with Crippen molar-refractivity contribution in [2.24, 2.45) is 11.1 Å². The van der Waals surface area contributed by atoms with Crippen LogP contribution in [0.1, 0.15) is 19.8 Å². The molecule has 0 aliphatic carbocycles. The minimum Gasteiger partial charge on any atom is -0.381 e. The summed E-state index contributed by atoms with van der Waals surface area (Å²) in [4.78, 5) is 2.41. The van der Waals surface area contributed by atoms with Crippen LogP contribution < -0.4 is 5.73 Å². The number of rotatable bonds is 6. The van der Waals surface area contributed by atoms with Crippen LogP contribution in [0.25, 0.3) is 0 Å². The number of hydrogen-bond acceptors (Lipinski definition) is 3. The predicted molar refractivity (Wildman–Crippen MR) is 63.9 cm³/mol. The van der Waals surface area contributed by atoms with Crippen LogP contribution in [0.5, 0.6) is 0 Å². The SMILES string of the molecule is C=CCN(CC)CC1(CN)CCOCC1. The van der Waals surface area contributed by atoms with Crippen LogP contribution >= 0.6 is 0 Å². The van der Waals surface area contributed by atoms with Gasteiger partial charge in [-0.2, -0.15) is 0 Å². The van der Waals surface area contributed by atoms with E-state index in [1.54, 1.807) is 0 Å². The molecule has 1 rings (SSSR count). The van der Waals surface area contributed by atoms with E-state index in [2.05, 4.69) is 18.4 Å². The molecule has 1 heterocycles. The molecule has 1 aliphatic rings. The topological polar surface area (TPSA) is 38.5 Å². The Morgan fingerprint density at radius 3 is 2.60 bits per heavy atom. The Hall–Kier alpha value is -0.380. The van der Waals surface area contributed by atoms with Gasteiger partial charge in [-0.05, 0) is 31.3 Å². The summed E-state index contributed by atoms with van der Waals surface area (Å²) in [5.41, 5.74) is 6.20. The standard InChI is InChI=1S/C12H24N2O/c1-3-7-14(4-2)11-12(10-13)5-8-15-9-6-12/h3H,1,4-11,13H2,2H3. The summed E-state index contributed by atoms with van der Waals surface area (Å²) >= 11 is 0. The Labute approximate surface area is 93.3 Å². The average molecular weight is 212 g/mol. The van der Waals surface area contributed by atoms with E-state index in [4.69, 9.17) is 10.5 Å². The lowest BCUT2D eigenvalue weighted by Crippen LogP contribution is -2.46. The van der Waals surface area contributed by atoms with Gasteiger partial charge in [0.05, 0.1) is 0 Å². The Morgan fingerprint density at radius 2 is 2.13 bits per heavy atom. The number of ether oxygens (including phenoxy) is 1. The molecule has 0 amide bonds. The Morgan fingerprint density at radius 1 is 1.47 bits per heavy atom. The normalized spacial score (nSPS) is 20.5. The van der Waals surface area contributed by atoms with Gasteiger partial charge in [-0.3, -0.25) is 4.90 Å². The molecule has 3 nitrogen and oxygen atoms in total. The Bertz CT molecular complexity index is 188. The summed E-state index contributed by atoms with van der Waals surface area (Å²) in [6.45, 7) is 11.6. The zero-order valence-electron chi connectivity index (χ0n) is 9.87. The number of likely N-dealkylation sites (N-methyl/N-ethyl adjacent to an activating group) is 1. The first-order chi connectivity index (χ1) is 7.26. The highest BCUT2D eigenvalue weighted by Gasteiger charge is 2.32. The molecule has 0 spiro atoms. The smallest absolute Gasteiger partial charge is 0.0472 e. The maximum absolute atomic E-state index is 5.93. The highest BCUT2D eigenvalue weighted by molar-refractivity contribution is 4.87. The predicted octanol–water partition coefficient (Wildman–Crippen LogP) is 1.25. The van der Waals surface area contributed by atoms with Gasteiger partial charge in [0.2, 0.25) is 0 Å². The molecule has 0 unspecified atom stereocenters. The molecule has 0 saturated carbocycles. The maximum Gasteiger partial charge on any atom is 0.0472 e. The molecule has 3 heteroatoms. The van der Waals surface area contributed by atoms with Crippen LogP contribution in [-0.2, 0) is 4.74 Å². The molecule has 0 bridgehead atoms. The van der Waals surface area contributed by atoms with Crippen LogP contribution in [0.4, 0.5) is 0 Å². The van der Waals surface area contributed by atoms with Gasteiger partial charge in [0.1, 0.15) is 0 Å². The average Bonchev–Trinajstić information content (AvgIpc) is 2.30. The molecule has 88 valence electrons. The maximum atomic E-state index is 5.93. The molecule has 0 radical (unpaired) electrons. The van der Waals surface area contributed by atoms with Crippen molar-refractivity contribution in [3.63, 3.8) is 0 Å². The van der Waals surface area contributed by atoms with E-state index in [0.717, 1.165) is 52.2 Å². The van der Waals surface area contributed by atoms with E-state index in [0.29, 0.717) is 0 Å². The quantitative estimate of drug-likeness (QED) is 0.673. The van der Waals surface area contributed by atoms with Crippen molar-refractivity contribution in [2.45, 2.75) is 19.8 Å². The minimum absolute atomic E-state index is 0.275. The monoisotopic (exact) mass is 212 g/mol. The third kappa shape index (κ3) is 3.59. The molecule has 0 aromatic rings. The zero-order chi connectivity index (χ0) is 11.1. The van der Waals surface area contributed by atoms with E-state index in [-0.39, 0.29) is 5.41 Å². The second-order valence-electron chi connectivity index (χ2n) is 4.43. The van der Waals surface area contributed by atoms with Gasteiger partial charge < -0.3 is 10.5 Å². The zero-order valence-corrected chi connectivity index (χ0v) is 9.87. The lowest BCUT2D eigenvalue weighted by molar-refractivity contribution is 0.00232. The summed E-state index contributed by atoms with van der Waals surface area (Å²) in [7, 11) is 0. The Kier molecular flexibility index (Phi) is 5.29. The summed E-state index contributed by atoms with van der Waals surface area (Å²) < 4.78 is 5.41. The molecule has 1 fully saturated rings. The van der Waals surface area contributed by atoms with E-state index in [9.17, 15) is 0 Å². The van der Waals surface area contributed by atoms with E-state index < -0.39 is 0 Å². The highest BCUT2D eigenvalue weighted by Crippen LogP contribution is 2.30. The van der Waals surface area contributed by atoms with Gasteiger partial charge in [-0.25, -0.2) is 0 Å². The van der Waals surface area contributed by atoms with Crippen LogP contribution in [-0.4, -0.2) is 44.3 Å². The molecule has 0 atom stereocenters. The fourth-order valence-corrected chi connectivity index (χ4v) is 2.19. The van der Waals surface area contributed by atoms with E-state index >= 15 is 0 Å². The molecular weight excluding hydrogens is 188 g/mol. The van der Waals surface area contributed by atoms with Crippen molar-refractivity contribution in [1.82, 2.24) is 4.90 Å². The lowest BCUT2D eigenvalue weighted by Gasteiger charge is -2.39. The van der Waals surface area contributed by atoms with Gasteiger partial charge >= 0.3 is 0 Å². The molecule has 1 aliphatic heterocycles. The van der Waals surface area contributed by atoms with Crippen LogP contribution in [0.2, 0.25) is 0 Å². The van der Waals surface area contributed by atoms with E-state index in [1.807, 2.05) is 6.08 Å². The number of hydrogen-bond donors (Lipinski definition) is 1. The first-order valence-corrected chi connectivity index (χ1v) is 5.87. The Balaban J connectivity index is 2.52. The molecule has 0 aromatic heterocycles. The summed E-state index contributed by atoms with van der Waals surface area (Å²) in [5.74, 6) is 0. The van der Waals surface area contributed by atoms with Crippen molar-refractivity contribution < 1.29 is 4.74 Å². The third-order valence-corrected chi connectivity index (χ3v) is 3.38. The second kappa shape index (κ2) is 6.26. The third-order valence-electron chi connectivity index (χ3n) is 3.38. The first-order valence-electron chi connectivity index (χ1n) is 5.87. The lowest BCUT2D eigenvalue weighted by atomic mass is 9.79. The van der Waals surface area contributed by atoms with Crippen molar-refractivity contribution in [3.05, 3.63) is 12.7 Å². The molecule has 1 saturated heterocycles. The fraction of sp³-hybridized carbons (Fsp3) is 0.833.